The monoisotopic (exact) mass is 293 g/mol. The third-order valence-electron chi connectivity index (χ3n) is 3.74. The minimum absolute atomic E-state index is 0.0909. The molecule has 5 heteroatoms. The molecule has 0 spiro atoms. The first kappa shape index (κ1) is 15.6. The normalized spacial score (nSPS) is 15.7. The Morgan fingerprint density at radius 1 is 1.33 bits per heavy atom. The maximum Gasteiger partial charge on any atom is 0.246 e. The van der Waals surface area contributed by atoms with E-state index in [1.54, 1.807) is 18.2 Å². The van der Waals surface area contributed by atoms with Crippen molar-refractivity contribution in [3.05, 3.63) is 23.8 Å². The quantitative estimate of drug-likeness (QED) is 0.845. The van der Waals surface area contributed by atoms with Gasteiger partial charge in [0, 0.05) is 6.54 Å². The Bertz CT molecular complexity index is 469. The van der Waals surface area contributed by atoms with Gasteiger partial charge >= 0.3 is 0 Å². The van der Waals surface area contributed by atoms with E-state index >= 15 is 0 Å². The lowest BCUT2D eigenvalue weighted by atomic mass is 9.98. The van der Waals surface area contributed by atoms with E-state index in [4.69, 9.17) is 9.47 Å². The van der Waals surface area contributed by atoms with Crippen LogP contribution in [-0.4, -0.2) is 30.8 Å². The number of phenols is 1. The van der Waals surface area contributed by atoms with Crippen molar-refractivity contribution < 1.29 is 19.4 Å². The van der Waals surface area contributed by atoms with E-state index in [0.29, 0.717) is 12.3 Å². The number of amides is 1. The van der Waals surface area contributed by atoms with Crippen LogP contribution in [0.4, 0.5) is 0 Å². The average Bonchev–Trinajstić information content (AvgIpc) is 2.53. The van der Waals surface area contributed by atoms with E-state index in [2.05, 4.69) is 5.32 Å². The molecule has 0 unspecified atom stereocenters. The van der Waals surface area contributed by atoms with E-state index in [1.165, 1.54) is 26.4 Å². The molecule has 1 fully saturated rings. The van der Waals surface area contributed by atoms with Crippen molar-refractivity contribution in [2.24, 2.45) is 0 Å². The summed E-state index contributed by atoms with van der Waals surface area (Å²) in [5, 5.41) is 12.3. The summed E-state index contributed by atoms with van der Waals surface area (Å²) in [5.41, 5.74) is 0.871. The topological polar surface area (TPSA) is 67.8 Å². The number of rotatable bonds is 6. The molecular formula is C16H23NO4. The van der Waals surface area contributed by atoms with Crippen LogP contribution in [0.25, 0.3) is 0 Å². The first-order valence-corrected chi connectivity index (χ1v) is 7.43. The molecule has 0 heterocycles. The van der Waals surface area contributed by atoms with Gasteiger partial charge in [-0.05, 0) is 30.5 Å². The minimum atomic E-state index is -0.118. The molecule has 0 atom stereocenters. The van der Waals surface area contributed by atoms with E-state index in [9.17, 15) is 9.90 Å². The molecule has 2 N–H and O–H groups in total. The van der Waals surface area contributed by atoms with Gasteiger partial charge in [0.1, 0.15) is 6.61 Å². The van der Waals surface area contributed by atoms with Crippen LogP contribution >= 0.6 is 0 Å². The van der Waals surface area contributed by atoms with Crippen molar-refractivity contribution in [2.45, 2.75) is 44.8 Å². The lowest BCUT2D eigenvalue weighted by Crippen LogP contribution is -2.30. The molecule has 1 amide bonds. The molecule has 2 rings (SSSR count). The molecule has 0 aliphatic heterocycles. The first-order chi connectivity index (χ1) is 10.2. The lowest BCUT2D eigenvalue weighted by molar-refractivity contribution is -0.128. The standard InChI is InChI=1S/C16H23NO4/c1-20-15-9-12(7-8-14(15)18)10-17-16(19)11-21-13-5-3-2-4-6-13/h7-9,13,18H,2-6,10-11H2,1H3,(H,17,19). The van der Waals surface area contributed by atoms with Crippen molar-refractivity contribution in [3.8, 4) is 11.5 Å². The summed E-state index contributed by atoms with van der Waals surface area (Å²) < 4.78 is 10.7. The van der Waals surface area contributed by atoms with E-state index in [1.807, 2.05) is 0 Å². The second-order valence-electron chi connectivity index (χ2n) is 5.35. The second-order valence-corrected chi connectivity index (χ2v) is 5.35. The average molecular weight is 293 g/mol. The molecule has 0 aromatic heterocycles. The number of nitrogens with one attached hydrogen (secondary N) is 1. The number of methoxy groups -OCH3 is 1. The molecule has 1 aliphatic carbocycles. The van der Waals surface area contributed by atoms with Crippen LogP contribution in [0.1, 0.15) is 37.7 Å². The molecule has 1 aliphatic rings. The number of hydrogen-bond donors (Lipinski definition) is 2. The summed E-state index contributed by atoms with van der Waals surface area (Å²) in [6.07, 6.45) is 6.01. The third-order valence-corrected chi connectivity index (χ3v) is 3.74. The minimum Gasteiger partial charge on any atom is -0.504 e. The summed E-state index contributed by atoms with van der Waals surface area (Å²) in [4.78, 5) is 11.8. The summed E-state index contributed by atoms with van der Waals surface area (Å²) in [7, 11) is 1.50. The van der Waals surface area contributed by atoms with Gasteiger partial charge in [-0.1, -0.05) is 25.3 Å². The van der Waals surface area contributed by atoms with Crippen LogP contribution < -0.4 is 10.1 Å². The summed E-state index contributed by atoms with van der Waals surface area (Å²) in [6.45, 7) is 0.503. The third kappa shape index (κ3) is 4.93. The van der Waals surface area contributed by atoms with E-state index in [-0.39, 0.29) is 24.4 Å². The van der Waals surface area contributed by atoms with Gasteiger partial charge in [-0.25, -0.2) is 0 Å². The number of hydrogen-bond acceptors (Lipinski definition) is 4. The van der Waals surface area contributed by atoms with Crippen molar-refractivity contribution >= 4 is 5.91 Å². The number of aromatic hydroxyl groups is 1. The Morgan fingerprint density at radius 3 is 2.81 bits per heavy atom. The molecule has 21 heavy (non-hydrogen) atoms. The first-order valence-electron chi connectivity index (χ1n) is 7.43. The van der Waals surface area contributed by atoms with Gasteiger partial charge in [0.25, 0.3) is 0 Å². The maximum absolute atomic E-state index is 11.8. The highest BCUT2D eigenvalue weighted by Gasteiger charge is 2.15. The molecule has 0 radical (unpaired) electrons. The predicted octanol–water partition coefficient (Wildman–Crippen LogP) is 2.37. The molecule has 0 saturated heterocycles. The smallest absolute Gasteiger partial charge is 0.246 e. The Morgan fingerprint density at radius 2 is 2.10 bits per heavy atom. The Hall–Kier alpha value is -1.75. The maximum atomic E-state index is 11.8. The fourth-order valence-corrected chi connectivity index (χ4v) is 2.51. The highest BCUT2D eigenvalue weighted by Crippen LogP contribution is 2.26. The zero-order chi connectivity index (χ0) is 15.1. The highest BCUT2D eigenvalue weighted by molar-refractivity contribution is 5.77. The number of ether oxygens (including phenoxy) is 2. The fourth-order valence-electron chi connectivity index (χ4n) is 2.51. The molecule has 1 saturated carbocycles. The Kier molecular flexibility index (Phi) is 5.87. The van der Waals surface area contributed by atoms with Crippen LogP contribution in [0.15, 0.2) is 18.2 Å². The number of carbonyl (C=O) groups is 1. The van der Waals surface area contributed by atoms with Crippen molar-refractivity contribution in [2.75, 3.05) is 13.7 Å². The van der Waals surface area contributed by atoms with Crippen LogP contribution in [-0.2, 0) is 16.1 Å². The largest absolute Gasteiger partial charge is 0.504 e. The Balaban J connectivity index is 1.73. The summed E-state index contributed by atoms with van der Waals surface area (Å²) in [6, 6.07) is 5.01. The number of benzene rings is 1. The second kappa shape index (κ2) is 7.88. The molecule has 116 valence electrons. The van der Waals surface area contributed by atoms with Gasteiger partial charge < -0.3 is 19.9 Å². The van der Waals surface area contributed by atoms with Gasteiger partial charge in [0.05, 0.1) is 13.2 Å². The van der Waals surface area contributed by atoms with Gasteiger partial charge in [-0.2, -0.15) is 0 Å². The zero-order valence-corrected chi connectivity index (χ0v) is 12.4. The fraction of sp³-hybridized carbons (Fsp3) is 0.562. The van der Waals surface area contributed by atoms with E-state index in [0.717, 1.165) is 18.4 Å². The van der Waals surface area contributed by atoms with Crippen molar-refractivity contribution in [1.82, 2.24) is 5.32 Å². The highest BCUT2D eigenvalue weighted by atomic mass is 16.5. The molecule has 1 aromatic rings. The molecule has 0 bridgehead atoms. The van der Waals surface area contributed by atoms with Crippen LogP contribution in [0.3, 0.4) is 0 Å². The number of carbonyl (C=O) groups excluding carboxylic acids is 1. The van der Waals surface area contributed by atoms with Gasteiger partial charge in [0.2, 0.25) is 5.91 Å². The SMILES string of the molecule is COc1cc(CNC(=O)COC2CCCCC2)ccc1O. The van der Waals surface area contributed by atoms with Crippen molar-refractivity contribution in [3.63, 3.8) is 0 Å². The van der Waals surface area contributed by atoms with E-state index < -0.39 is 0 Å². The van der Waals surface area contributed by atoms with Crippen LogP contribution in [0.2, 0.25) is 0 Å². The van der Waals surface area contributed by atoms with Crippen LogP contribution in [0.5, 0.6) is 11.5 Å². The van der Waals surface area contributed by atoms with Crippen LogP contribution in [0, 0.1) is 0 Å². The summed E-state index contributed by atoms with van der Waals surface area (Å²) in [5.74, 6) is 0.376. The Labute approximate surface area is 125 Å². The lowest BCUT2D eigenvalue weighted by Gasteiger charge is -2.21. The predicted molar refractivity (Wildman–Crippen MR) is 79.3 cm³/mol. The zero-order valence-electron chi connectivity index (χ0n) is 12.4. The molecule has 5 nitrogen and oxygen atoms in total. The summed E-state index contributed by atoms with van der Waals surface area (Å²) >= 11 is 0. The molecule has 1 aromatic carbocycles. The number of phenolic OH excluding ortho intramolecular Hbond substituents is 1. The van der Waals surface area contributed by atoms with Gasteiger partial charge in [-0.15, -0.1) is 0 Å². The van der Waals surface area contributed by atoms with Gasteiger partial charge in [0.15, 0.2) is 11.5 Å². The van der Waals surface area contributed by atoms with Gasteiger partial charge in [-0.3, -0.25) is 4.79 Å². The van der Waals surface area contributed by atoms with Crippen molar-refractivity contribution in [1.29, 1.82) is 0 Å². The molecular weight excluding hydrogens is 270 g/mol.